The summed E-state index contributed by atoms with van der Waals surface area (Å²) in [5, 5.41) is 3.22. The maximum Gasteiger partial charge on any atom is 0.146 e. The molecule has 0 radical (unpaired) electrons. The predicted octanol–water partition coefficient (Wildman–Crippen LogP) is 2.55. The molecule has 1 saturated heterocycles. The third kappa shape index (κ3) is 3.67. The topological polar surface area (TPSA) is 24.5 Å². The van der Waals surface area contributed by atoms with E-state index in [1.807, 2.05) is 12.1 Å². The molecule has 1 unspecified atom stereocenters. The van der Waals surface area contributed by atoms with Gasteiger partial charge in [-0.1, -0.05) is 6.07 Å². The Morgan fingerprint density at radius 3 is 2.95 bits per heavy atom. The molecule has 2 rings (SSSR count). The molecule has 1 heterocycles. The van der Waals surface area contributed by atoms with Crippen molar-refractivity contribution in [3.05, 3.63) is 29.6 Å². The standard InChI is InChI=1S/C15H23FN2O/c1-12-4-3-8-18(12)15-6-5-13(10-14(15)16)11-17-7-9-19-2/h5-6,10,12,17H,3-4,7-9,11H2,1-2H3. The van der Waals surface area contributed by atoms with Gasteiger partial charge in [0, 0.05) is 32.8 Å². The first kappa shape index (κ1) is 14.3. The molecule has 4 heteroatoms. The van der Waals surface area contributed by atoms with E-state index in [4.69, 9.17) is 4.74 Å². The van der Waals surface area contributed by atoms with Crippen molar-refractivity contribution in [3.63, 3.8) is 0 Å². The zero-order valence-corrected chi connectivity index (χ0v) is 11.8. The number of benzene rings is 1. The third-order valence-corrected chi connectivity index (χ3v) is 3.69. The van der Waals surface area contributed by atoms with Gasteiger partial charge in [0.25, 0.3) is 0 Å². The predicted molar refractivity (Wildman–Crippen MR) is 76.0 cm³/mol. The second kappa shape index (κ2) is 6.87. The van der Waals surface area contributed by atoms with Gasteiger partial charge in [0.15, 0.2) is 0 Å². The molecule has 0 amide bonds. The molecule has 19 heavy (non-hydrogen) atoms. The van der Waals surface area contributed by atoms with Crippen LogP contribution in [0.3, 0.4) is 0 Å². The molecule has 0 aliphatic carbocycles. The van der Waals surface area contributed by atoms with Crippen LogP contribution in [-0.4, -0.2) is 32.8 Å². The van der Waals surface area contributed by atoms with Crippen molar-refractivity contribution in [2.45, 2.75) is 32.4 Å². The monoisotopic (exact) mass is 266 g/mol. The van der Waals surface area contributed by atoms with Crippen LogP contribution in [0.5, 0.6) is 0 Å². The molecule has 1 aromatic carbocycles. The highest BCUT2D eigenvalue weighted by atomic mass is 19.1. The maximum absolute atomic E-state index is 14.2. The Bertz CT molecular complexity index is 411. The minimum absolute atomic E-state index is 0.111. The molecule has 1 atom stereocenters. The second-order valence-corrected chi connectivity index (χ2v) is 5.14. The number of nitrogens with one attached hydrogen (secondary N) is 1. The lowest BCUT2D eigenvalue weighted by Crippen LogP contribution is -2.27. The average molecular weight is 266 g/mol. The molecule has 1 aliphatic rings. The summed E-state index contributed by atoms with van der Waals surface area (Å²) in [6.45, 7) is 5.25. The van der Waals surface area contributed by atoms with E-state index in [2.05, 4.69) is 17.1 Å². The van der Waals surface area contributed by atoms with Crippen LogP contribution in [0.25, 0.3) is 0 Å². The fourth-order valence-corrected chi connectivity index (χ4v) is 2.59. The van der Waals surface area contributed by atoms with Crippen LogP contribution in [-0.2, 0) is 11.3 Å². The number of nitrogens with zero attached hydrogens (tertiary/aromatic N) is 1. The smallest absolute Gasteiger partial charge is 0.146 e. The van der Waals surface area contributed by atoms with Crippen molar-refractivity contribution in [3.8, 4) is 0 Å². The molecule has 1 aliphatic heterocycles. The number of hydrogen-bond donors (Lipinski definition) is 1. The van der Waals surface area contributed by atoms with Crippen molar-refractivity contribution in [1.29, 1.82) is 0 Å². The number of rotatable bonds is 6. The highest BCUT2D eigenvalue weighted by molar-refractivity contribution is 5.50. The minimum atomic E-state index is -0.111. The van der Waals surface area contributed by atoms with Gasteiger partial charge in [0.05, 0.1) is 12.3 Å². The van der Waals surface area contributed by atoms with Gasteiger partial charge in [-0.15, -0.1) is 0 Å². The van der Waals surface area contributed by atoms with E-state index in [-0.39, 0.29) is 5.82 Å². The van der Waals surface area contributed by atoms with E-state index < -0.39 is 0 Å². The Labute approximate surface area is 114 Å². The van der Waals surface area contributed by atoms with Crippen molar-refractivity contribution >= 4 is 5.69 Å². The highest BCUT2D eigenvalue weighted by Gasteiger charge is 2.22. The Hall–Kier alpha value is -1.13. The molecule has 0 aromatic heterocycles. The van der Waals surface area contributed by atoms with E-state index in [9.17, 15) is 4.39 Å². The largest absolute Gasteiger partial charge is 0.383 e. The molecule has 1 aromatic rings. The van der Waals surface area contributed by atoms with Crippen molar-refractivity contribution < 1.29 is 9.13 Å². The zero-order chi connectivity index (χ0) is 13.7. The van der Waals surface area contributed by atoms with Crippen LogP contribution < -0.4 is 10.2 Å². The second-order valence-electron chi connectivity index (χ2n) is 5.14. The molecular weight excluding hydrogens is 243 g/mol. The summed E-state index contributed by atoms with van der Waals surface area (Å²) in [5.41, 5.74) is 1.72. The fraction of sp³-hybridized carbons (Fsp3) is 0.600. The van der Waals surface area contributed by atoms with Gasteiger partial charge >= 0.3 is 0 Å². The molecule has 0 bridgehead atoms. The summed E-state index contributed by atoms with van der Waals surface area (Å²) in [7, 11) is 1.67. The number of ether oxygens (including phenoxy) is 1. The average Bonchev–Trinajstić information content (AvgIpc) is 2.81. The number of halogens is 1. The number of methoxy groups -OCH3 is 1. The van der Waals surface area contributed by atoms with Crippen LogP contribution in [0.2, 0.25) is 0 Å². The summed E-state index contributed by atoms with van der Waals surface area (Å²) < 4.78 is 19.1. The lowest BCUT2D eigenvalue weighted by atomic mass is 10.1. The molecule has 3 nitrogen and oxygen atoms in total. The first-order valence-electron chi connectivity index (χ1n) is 6.97. The van der Waals surface area contributed by atoms with Crippen LogP contribution in [0.15, 0.2) is 18.2 Å². The highest BCUT2D eigenvalue weighted by Crippen LogP contribution is 2.28. The van der Waals surface area contributed by atoms with Gasteiger partial charge in [-0.25, -0.2) is 4.39 Å². The van der Waals surface area contributed by atoms with E-state index >= 15 is 0 Å². The fourth-order valence-electron chi connectivity index (χ4n) is 2.59. The van der Waals surface area contributed by atoms with E-state index in [0.717, 1.165) is 37.2 Å². The Balaban J connectivity index is 1.96. The van der Waals surface area contributed by atoms with Gasteiger partial charge in [-0.2, -0.15) is 0 Å². The summed E-state index contributed by atoms with van der Waals surface area (Å²) in [5.74, 6) is -0.111. The first-order valence-corrected chi connectivity index (χ1v) is 6.97. The molecular formula is C15H23FN2O. The first-order chi connectivity index (χ1) is 9.22. The molecule has 0 saturated carbocycles. The summed E-state index contributed by atoms with van der Waals surface area (Å²) in [6, 6.07) is 5.99. The summed E-state index contributed by atoms with van der Waals surface area (Å²) >= 11 is 0. The van der Waals surface area contributed by atoms with Gasteiger partial charge in [0.2, 0.25) is 0 Å². The number of anilines is 1. The zero-order valence-electron chi connectivity index (χ0n) is 11.8. The molecule has 1 N–H and O–H groups in total. The van der Waals surface area contributed by atoms with Gasteiger partial charge in [-0.05, 0) is 37.5 Å². The van der Waals surface area contributed by atoms with Gasteiger partial charge in [-0.3, -0.25) is 0 Å². The van der Waals surface area contributed by atoms with Crippen LogP contribution in [0.4, 0.5) is 10.1 Å². The van der Waals surface area contributed by atoms with Crippen molar-refractivity contribution in [1.82, 2.24) is 5.32 Å². The summed E-state index contributed by atoms with van der Waals surface area (Å²) in [6.07, 6.45) is 2.31. The van der Waals surface area contributed by atoms with Crippen LogP contribution in [0.1, 0.15) is 25.3 Å². The van der Waals surface area contributed by atoms with Crippen molar-refractivity contribution in [2.75, 3.05) is 31.7 Å². The molecule has 1 fully saturated rings. The SMILES string of the molecule is COCCNCc1ccc(N2CCCC2C)c(F)c1. The van der Waals surface area contributed by atoms with E-state index in [0.29, 0.717) is 19.2 Å². The van der Waals surface area contributed by atoms with Crippen molar-refractivity contribution in [2.24, 2.45) is 0 Å². The minimum Gasteiger partial charge on any atom is -0.383 e. The lowest BCUT2D eigenvalue weighted by molar-refractivity contribution is 0.199. The van der Waals surface area contributed by atoms with E-state index in [1.54, 1.807) is 13.2 Å². The van der Waals surface area contributed by atoms with E-state index in [1.165, 1.54) is 0 Å². The third-order valence-electron chi connectivity index (χ3n) is 3.69. The van der Waals surface area contributed by atoms with Crippen LogP contribution in [0, 0.1) is 5.82 Å². The Morgan fingerprint density at radius 2 is 2.32 bits per heavy atom. The number of hydrogen-bond acceptors (Lipinski definition) is 3. The Kier molecular flexibility index (Phi) is 5.16. The Morgan fingerprint density at radius 1 is 1.47 bits per heavy atom. The maximum atomic E-state index is 14.2. The molecule has 106 valence electrons. The molecule has 0 spiro atoms. The van der Waals surface area contributed by atoms with Gasteiger partial charge in [0.1, 0.15) is 5.82 Å². The lowest BCUT2D eigenvalue weighted by Gasteiger charge is -2.24. The normalized spacial score (nSPS) is 19.1. The summed E-state index contributed by atoms with van der Waals surface area (Å²) in [4.78, 5) is 2.16. The van der Waals surface area contributed by atoms with Gasteiger partial charge < -0.3 is 15.0 Å². The van der Waals surface area contributed by atoms with Crippen LogP contribution >= 0.6 is 0 Å². The quantitative estimate of drug-likeness (QED) is 0.801.